The van der Waals surface area contributed by atoms with Gasteiger partial charge < -0.3 is 14.4 Å². The second-order valence-electron chi connectivity index (χ2n) is 10.8. The van der Waals surface area contributed by atoms with Crippen molar-refractivity contribution in [2.24, 2.45) is 0 Å². The van der Waals surface area contributed by atoms with Crippen molar-refractivity contribution < 1.29 is 31.8 Å². The zero-order valence-electron chi connectivity index (χ0n) is 23.4. The van der Waals surface area contributed by atoms with Crippen LogP contribution in [-0.4, -0.2) is 73.6 Å². The van der Waals surface area contributed by atoms with E-state index in [0.717, 1.165) is 11.1 Å². The van der Waals surface area contributed by atoms with Crippen molar-refractivity contribution >= 4 is 5.91 Å². The third kappa shape index (κ3) is 5.63. The highest BCUT2D eigenvalue weighted by Gasteiger charge is 2.50. The van der Waals surface area contributed by atoms with Crippen LogP contribution < -0.4 is 9.47 Å². The van der Waals surface area contributed by atoms with E-state index < -0.39 is 40.3 Å². The lowest BCUT2D eigenvalue weighted by molar-refractivity contribution is -0.145. The van der Waals surface area contributed by atoms with E-state index in [1.54, 1.807) is 7.05 Å². The molecule has 0 aromatic heterocycles. The summed E-state index contributed by atoms with van der Waals surface area (Å²) in [4.78, 5) is 20.0. The summed E-state index contributed by atoms with van der Waals surface area (Å²) < 4.78 is 66.7. The second kappa shape index (κ2) is 11.7. The minimum Gasteiger partial charge on any atom is -0.491 e. The molecule has 1 aliphatic carbocycles. The standard InChI is InChI=1S/C31H33F4N3O3/c1-36(18-20-12-24(32)28(40-2)25(33)13-20)30(39)31(16-22-6-4-5-7-23(22)17-31)38-10-8-37(9-11-38)19-21-14-26(34)29(41-3)27(35)15-21/h4-7,12-15H,8-11,16-19H2,1-3H3. The average Bonchev–Trinajstić information content (AvgIpc) is 3.33. The van der Waals surface area contributed by atoms with E-state index in [0.29, 0.717) is 56.7 Å². The number of rotatable bonds is 8. The molecule has 10 heteroatoms. The summed E-state index contributed by atoms with van der Waals surface area (Å²) in [6.45, 7) is 2.73. The van der Waals surface area contributed by atoms with Gasteiger partial charge >= 0.3 is 0 Å². The number of methoxy groups -OCH3 is 2. The lowest BCUT2D eigenvalue weighted by Gasteiger charge is -2.46. The van der Waals surface area contributed by atoms with Crippen LogP contribution in [0.1, 0.15) is 22.3 Å². The Morgan fingerprint density at radius 1 is 0.805 bits per heavy atom. The van der Waals surface area contributed by atoms with Gasteiger partial charge in [0.25, 0.3) is 0 Å². The van der Waals surface area contributed by atoms with Crippen molar-refractivity contribution in [2.45, 2.75) is 31.5 Å². The van der Waals surface area contributed by atoms with E-state index in [1.807, 2.05) is 24.3 Å². The lowest BCUT2D eigenvalue weighted by atomic mass is 9.90. The molecule has 5 rings (SSSR count). The van der Waals surface area contributed by atoms with E-state index >= 15 is 0 Å². The highest BCUT2D eigenvalue weighted by molar-refractivity contribution is 5.88. The molecule has 0 bridgehead atoms. The number of carbonyl (C=O) groups excluding carboxylic acids is 1. The van der Waals surface area contributed by atoms with Crippen LogP contribution in [-0.2, 0) is 30.7 Å². The fraction of sp³-hybridized carbons (Fsp3) is 0.387. The van der Waals surface area contributed by atoms with E-state index in [-0.39, 0.29) is 12.5 Å². The van der Waals surface area contributed by atoms with E-state index in [2.05, 4.69) is 9.80 Å². The van der Waals surface area contributed by atoms with Gasteiger partial charge in [0.15, 0.2) is 34.8 Å². The minimum absolute atomic E-state index is 0.0311. The Morgan fingerprint density at radius 3 is 1.73 bits per heavy atom. The monoisotopic (exact) mass is 571 g/mol. The summed E-state index contributed by atoms with van der Waals surface area (Å²) in [5, 5.41) is 0. The van der Waals surface area contributed by atoms with E-state index in [4.69, 9.17) is 9.47 Å². The Kier molecular flexibility index (Phi) is 8.24. The van der Waals surface area contributed by atoms with Gasteiger partial charge in [-0.15, -0.1) is 0 Å². The fourth-order valence-electron chi connectivity index (χ4n) is 6.20. The Hall–Kier alpha value is -3.63. The molecule has 1 amide bonds. The number of hydrogen-bond donors (Lipinski definition) is 0. The van der Waals surface area contributed by atoms with Crippen LogP contribution in [0.4, 0.5) is 17.6 Å². The van der Waals surface area contributed by atoms with Crippen LogP contribution in [0.25, 0.3) is 0 Å². The summed E-state index contributed by atoms with van der Waals surface area (Å²) in [7, 11) is 4.08. The zero-order chi connectivity index (χ0) is 29.3. The summed E-state index contributed by atoms with van der Waals surface area (Å²) >= 11 is 0. The molecule has 3 aromatic carbocycles. The number of likely N-dealkylation sites (N-methyl/N-ethyl adjacent to an activating group) is 1. The van der Waals surface area contributed by atoms with Gasteiger partial charge in [0.05, 0.1) is 14.2 Å². The first-order chi connectivity index (χ1) is 19.6. The van der Waals surface area contributed by atoms with Gasteiger partial charge in [-0.05, 0) is 46.5 Å². The third-order valence-corrected chi connectivity index (χ3v) is 8.16. The van der Waals surface area contributed by atoms with Crippen LogP contribution in [0.15, 0.2) is 48.5 Å². The highest BCUT2D eigenvalue weighted by Crippen LogP contribution is 2.37. The van der Waals surface area contributed by atoms with Crippen LogP contribution in [0.2, 0.25) is 0 Å². The largest absolute Gasteiger partial charge is 0.491 e. The first-order valence-electron chi connectivity index (χ1n) is 13.5. The maximum Gasteiger partial charge on any atom is 0.243 e. The van der Waals surface area contributed by atoms with Crippen molar-refractivity contribution in [3.63, 3.8) is 0 Å². The molecule has 2 aliphatic rings. The first kappa shape index (κ1) is 28.9. The molecule has 1 saturated heterocycles. The van der Waals surface area contributed by atoms with Crippen LogP contribution in [0.5, 0.6) is 11.5 Å². The summed E-state index contributed by atoms with van der Waals surface area (Å²) in [5.41, 5.74) is 2.18. The maximum absolute atomic E-state index is 14.4. The van der Waals surface area contributed by atoms with Crippen LogP contribution in [0, 0.1) is 23.3 Å². The van der Waals surface area contributed by atoms with Crippen molar-refractivity contribution in [3.8, 4) is 11.5 Å². The topological polar surface area (TPSA) is 45.2 Å². The number of halogens is 4. The molecule has 0 saturated carbocycles. The van der Waals surface area contributed by atoms with E-state index in [1.165, 1.54) is 43.4 Å². The van der Waals surface area contributed by atoms with Gasteiger partial charge in [0.2, 0.25) is 5.91 Å². The second-order valence-corrected chi connectivity index (χ2v) is 10.8. The number of amides is 1. The van der Waals surface area contributed by atoms with Gasteiger partial charge in [-0.3, -0.25) is 14.6 Å². The highest BCUT2D eigenvalue weighted by atomic mass is 19.1. The summed E-state index contributed by atoms with van der Waals surface area (Å²) in [5.74, 6) is -4.10. The molecular formula is C31H33F4N3O3. The number of nitrogens with zero attached hydrogens (tertiary/aromatic N) is 3. The van der Waals surface area contributed by atoms with Crippen molar-refractivity contribution in [2.75, 3.05) is 47.4 Å². The quantitative estimate of drug-likeness (QED) is 0.371. The zero-order valence-corrected chi connectivity index (χ0v) is 23.4. The molecule has 0 unspecified atom stereocenters. The van der Waals surface area contributed by atoms with Crippen molar-refractivity contribution in [3.05, 3.63) is 94.1 Å². The summed E-state index contributed by atoms with van der Waals surface area (Å²) in [6.07, 6.45) is 1.04. The number of ether oxygens (including phenoxy) is 2. The molecule has 1 aliphatic heterocycles. The number of fused-ring (bicyclic) bond motifs is 1. The maximum atomic E-state index is 14.4. The molecule has 0 spiro atoms. The molecule has 218 valence electrons. The third-order valence-electron chi connectivity index (χ3n) is 8.16. The van der Waals surface area contributed by atoms with Gasteiger partial charge in [0.1, 0.15) is 5.54 Å². The predicted octanol–water partition coefficient (Wildman–Crippen LogP) is 4.57. The first-order valence-corrected chi connectivity index (χ1v) is 13.5. The van der Waals surface area contributed by atoms with E-state index in [9.17, 15) is 22.4 Å². The van der Waals surface area contributed by atoms with Gasteiger partial charge in [0, 0.05) is 59.2 Å². The Bertz CT molecular complexity index is 1370. The molecule has 1 heterocycles. The Balaban J connectivity index is 1.33. The van der Waals surface area contributed by atoms with Crippen LogP contribution in [0.3, 0.4) is 0 Å². The number of piperazine rings is 1. The molecule has 0 N–H and O–H groups in total. The molecule has 1 fully saturated rings. The number of benzene rings is 3. The molecular weight excluding hydrogens is 538 g/mol. The average molecular weight is 572 g/mol. The predicted molar refractivity (Wildman–Crippen MR) is 146 cm³/mol. The Morgan fingerprint density at radius 2 is 1.27 bits per heavy atom. The van der Waals surface area contributed by atoms with Crippen LogP contribution >= 0.6 is 0 Å². The molecule has 0 radical (unpaired) electrons. The molecule has 41 heavy (non-hydrogen) atoms. The normalized spacial score (nSPS) is 16.9. The minimum atomic E-state index is -0.855. The Labute approximate surface area is 237 Å². The summed E-state index contributed by atoms with van der Waals surface area (Å²) in [6, 6.07) is 12.9. The van der Waals surface area contributed by atoms with Crippen molar-refractivity contribution in [1.82, 2.24) is 14.7 Å². The molecule has 6 nitrogen and oxygen atoms in total. The van der Waals surface area contributed by atoms with Gasteiger partial charge in [-0.2, -0.15) is 0 Å². The fourth-order valence-corrected chi connectivity index (χ4v) is 6.20. The van der Waals surface area contributed by atoms with Gasteiger partial charge in [-0.1, -0.05) is 24.3 Å². The molecule has 3 aromatic rings. The number of hydrogen-bond acceptors (Lipinski definition) is 5. The molecule has 0 atom stereocenters. The lowest BCUT2D eigenvalue weighted by Crippen LogP contribution is -2.64. The number of carbonyl (C=O) groups is 1. The van der Waals surface area contributed by atoms with Crippen molar-refractivity contribution in [1.29, 1.82) is 0 Å². The smallest absolute Gasteiger partial charge is 0.243 e. The van der Waals surface area contributed by atoms with Gasteiger partial charge in [-0.25, -0.2) is 17.6 Å². The SMILES string of the molecule is COc1c(F)cc(CN2CCN(C3(C(=O)N(C)Cc4cc(F)c(OC)c(F)c4)Cc4ccccc4C3)CC2)cc1F.